The average Bonchev–Trinajstić information content (AvgIpc) is 2.74. The molecule has 1 saturated heterocycles. The number of hydrogen-bond acceptors (Lipinski definition) is 5. The number of nitrogens with zero attached hydrogens (tertiary/aromatic N) is 2. The predicted molar refractivity (Wildman–Crippen MR) is 117 cm³/mol. The van der Waals surface area contributed by atoms with Gasteiger partial charge < -0.3 is 19.1 Å². The Hall–Kier alpha value is -3.02. The van der Waals surface area contributed by atoms with Gasteiger partial charge in [0, 0.05) is 25.5 Å². The van der Waals surface area contributed by atoms with Crippen LogP contribution < -0.4 is 9.47 Å². The van der Waals surface area contributed by atoms with Crippen molar-refractivity contribution in [2.75, 3.05) is 27.3 Å². The van der Waals surface area contributed by atoms with E-state index in [0.29, 0.717) is 24.6 Å². The molecule has 2 heterocycles. The first kappa shape index (κ1) is 21.7. The molecule has 1 aliphatic rings. The number of piperidine rings is 1. The fourth-order valence-corrected chi connectivity index (χ4v) is 3.62. The highest BCUT2D eigenvalue weighted by molar-refractivity contribution is 5.83. The zero-order valence-corrected chi connectivity index (χ0v) is 18.4. The molecule has 3 rings (SSSR count). The Balaban J connectivity index is 1.93. The van der Waals surface area contributed by atoms with Gasteiger partial charge in [0.2, 0.25) is 0 Å². The Morgan fingerprint density at radius 2 is 1.57 bits per heavy atom. The van der Waals surface area contributed by atoms with Crippen LogP contribution in [-0.4, -0.2) is 48.9 Å². The molecule has 0 spiro atoms. The van der Waals surface area contributed by atoms with Crippen LogP contribution in [0.2, 0.25) is 0 Å². The van der Waals surface area contributed by atoms with Crippen molar-refractivity contribution in [3.8, 4) is 11.5 Å². The zero-order chi connectivity index (χ0) is 21.7. The van der Waals surface area contributed by atoms with E-state index in [1.165, 1.54) is 5.57 Å². The molecule has 0 saturated carbocycles. The summed E-state index contributed by atoms with van der Waals surface area (Å²) in [5.74, 6) is 1.38. The van der Waals surface area contributed by atoms with E-state index in [1.807, 2.05) is 51.1 Å². The molecule has 1 fully saturated rings. The summed E-state index contributed by atoms with van der Waals surface area (Å²) in [5, 5.41) is 0. The summed E-state index contributed by atoms with van der Waals surface area (Å²) in [6.45, 7) is 6.93. The van der Waals surface area contributed by atoms with Crippen molar-refractivity contribution in [3.63, 3.8) is 0 Å². The van der Waals surface area contributed by atoms with Gasteiger partial charge in [0.15, 0.2) is 11.5 Å². The fourth-order valence-electron chi connectivity index (χ4n) is 3.62. The maximum Gasteiger partial charge on any atom is 0.410 e. The molecule has 6 nitrogen and oxygen atoms in total. The van der Waals surface area contributed by atoms with Gasteiger partial charge in [-0.1, -0.05) is 11.6 Å². The van der Waals surface area contributed by atoms with Crippen LogP contribution in [0.4, 0.5) is 4.79 Å². The van der Waals surface area contributed by atoms with Crippen molar-refractivity contribution in [1.82, 2.24) is 9.88 Å². The van der Waals surface area contributed by atoms with Gasteiger partial charge in [-0.2, -0.15) is 0 Å². The molecule has 0 unspecified atom stereocenters. The Morgan fingerprint density at radius 1 is 0.933 bits per heavy atom. The van der Waals surface area contributed by atoms with Crippen LogP contribution in [0.1, 0.15) is 44.7 Å². The molecule has 0 atom stereocenters. The van der Waals surface area contributed by atoms with Crippen molar-refractivity contribution in [1.29, 1.82) is 0 Å². The van der Waals surface area contributed by atoms with E-state index in [9.17, 15) is 4.79 Å². The Bertz CT molecular complexity index is 907. The maximum atomic E-state index is 12.4. The van der Waals surface area contributed by atoms with Crippen LogP contribution >= 0.6 is 0 Å². The molecule has 6 heteroatoms. The number of aromatic nitrogens is 1. The summed E-state index contributed by atoms with van der Waals surface area (Å²) in [6.07, 6.45) is 4.91. The van der Waals surface area contributed by atoms with E-state index in [0.717, 1.165) is 29.5 Å². The van der Waals surface area contributed by atoms with Crippen LogP contribution in [0.3, 0.4) is 0 Å². The molecule has 0 aliphatic carbocycles. The molecule has 0 N–H and O–H groups in total. The van der Waals surface area contributed by atoms with E-state index in [-0.39, 0.29) is 6.09 Å². The third-order valence-corrected chi connectivity index (χ3v) is 5.01. The first-order valence-electron chi connectivity index (χ1n) is 10.1. The second kappa shape index (κ2) is 9.20. The normalized spacial score (nSPS) is 14.3. The summed E-state index contributed by atoms with van der Waals surface area (Å²) in [6, 6.07) is 10.00. The molecule has 0 radical (unpaired) electrons. The molecular weight excluding hydrogens is 380 g/mol. The lowest BCUT2D eigenvalue weighted by molar-refractivity contribution is 0.0236. The lowest BCUT2D eigenvalue weighted by Gasteiger charge is -2.32. The molecule has 1 aliphatic heterocycles. The Morgan fingerprint density at radius 3 is 2.13 bits per heavy atom. The van der Waals surface area contributed by atoms with Crippen LogP contribution in [0, 0.1) is 0 Å². The molecule has 1 aromatic heterocycles. The third-order valence-electron chi connectivity index (χ3n) is 5.01. The molecule has 1 aromatic carbocycles. The van der Waals surface area contributed by atoms with E-state index in [4.69, 9.17) is 14.2 Å². The largest absolute Gasteiger partial charge is 0.493 e. The Labute approximate surface area is 178 Å². The third kappa shape index (κ3) is 5.12. The van der Waals surface area contributed by atoms with Crippen LogP contribution in [-0.2, 0) is 4.74 Å². The molecule has 30 heavy (non-hydrogen) atoms. The topological polar surface area (TPSA) is 60.9 Å². The second-order valence-corrected chi connectivity index (χ2v) is 8.25. The van der Waals surface area contributed by atoms with Gasteiger partial charge >= 0.3 is 6.09 Å². The van der Waals surface area contributed by atoms with Crippen molar-refractivity contribution in [3.05, 3.63) is 59.4 Å². The highest BCUT2D eigenvalue weighted by Crippen LogP contribution is 2.37. The molecule has 1 amide bonds. The number of pyridine rings is 1. The summed E-state index contributed by atoms with van der Waals surface area (Å²) in [5.41, 5.74) is 4.11. The minimum atomic E-state index is -0.491. The van der Waals surface area contributed by atoms with Crippen molar-refractivity contribution >= 4 is 11.7 Å². The number of methoxy groups -OCH3 is 2. The number of amides is 1. The van der Waals surface area contributed by atoms with E-state index in [2.05, 4.69) is 4.98 Å². The fraction of sp³-hybridized carbons (Fsp3) is 0.417. The summed E-state index contributed by atoms with van der Waals surface area (Å²) in [7, 11) is 3.27. The van der Waals surface area contributed by atoms with Crippen molar-refractivity contribution < 1.29 is 19.0 Å². The highest BCUT2D eigenvalue weighted by Gasteiger charge is 2.26. The summed E-state index contributed by atoms with van der Waals surface area (Å²) < 4.78 is 16.4. The van der Waals surface area contributed by atoms with Crippen LogP contribution in [0.15, 0.2) is 48.3 Å². The van der Waals surface area contributed by atoms with Gasteiger partial charge in [-0.15, -0.1) is 0 Å². The molecule has 160 valence electrons. The summed E-state index contributed by atoms with van der Waals surface area (Å²) >= 11 is 0. The first-order chi connectivity index (χ1) is 14.3. The number of carbonyl (C=O) groups excluding carboxylic acids is 1. The van der Waals surface area contributed by atoms with Crippen molar-refractivity contribution in [2.24, 2.45) is 0 Å². The quantitative estimate of drug-likeness (QED) is 0.715. The second-order valence-electron chi connectivity index (χ2n) is 8.25. The molecule has 2 aromatic rings. The van der Waals surface area contributed by atoms with Gasteiger partial charge in [-0.25, -0.2) is 4.79 Å². The number of carbonyl (C=O) groups is 1. The van der Waals surface area contributed by atoms with Gasteiger partial charge in [0.05, 0.1) is 14.2 Å². The predicted octanol–water partition coefficient (Wildman–Crippen LogP) is 4.93. The summed E-state index contributed by atoms with van der Waals surface area (Å²) in [4.78, 5) is 18.4. The van der Waals surface area contributed by atoms with E-state index in [1.54, 1.807) is 31.5 Å². The van der Waals surface area contributed by atoms with Gasteiger partial charge in [0.1, 0.15) is 5.60 Å². The lowest BCUT2D eigenvalue weighted by atomic mass is 9.88. The zero-order valence-electron chi connectivity index (χ0n) is 18.4. The van der Waals surface area contributed by atoms with Gasteiger partial charge in [-0.3, -0.25) is 4.98 Å². The van der Waals surface area contributed by atoms with Gasteiger partial charge in [0.25, 0.3) is 0 Å². The first-order valence-corrected chi connectivity index (χ1v) is 10.1. The average molecular weight is 411 g/mol. The van der Waals surface area contributed by atoms with E-state index < -0.39 is 5.60 Å². The molecular formula is C24H30N2O4. The lowest BCUT2D eigenvalue weighted by Crippen LogP contribution is -2.40. The number of hydrogen-bond donors (Lipinski definition) is 0. The molecule has 0 bridgehead atoms. The standard InChI is InChI=1S/C24H30N2O4/c1-24(2,3)30-23(27)26-14-10-18(11-15-26)22(17-8-12-25-13-9-17)19-6-7-20(28-4)21(16-19)29-5/h6-9,12-13,16H,10-11,14-15H2,1-5H3. The Kier molecular flexibility index (Phi) is 6.65. The maximum absolute atomic E-state index is 12.4. The van der Waals surface area contributed by atoms with Crippen LogP contribution in [0.25, 0.3) is 5.57 Å². The smallest absolute Gasteiger partial charge is 0.410 e. The van der Waals surface area contributed by atoms with Crippen LogP contribution in [0.5, 0.6) is 11.5 Å². The minimum absolute atomic E-state index is 0.252. The number of likely N-dealkylation sites (tertiary alicyclic amines) is 1. The minimum Gasteiger partial charge on any atom is -0.493 e. The number of rotatable bonds is 4. The number of benzene rings is 1. The SMILES string of the molecule is COc1ccc(C(=C2CCN(C(=O)OC(C)(C)C)CC2)c2ccncc2)cc1OC. The van der Waals surface area contributed by atoms with E-state index >= 15 is 0 Å². The number of ether oxygens (including phenoxy) is 3. The van der Waals surface area contributed by atoms with Gasteiger partial charge in [-0.05, 0) is 74.6 Å². The van der Waals surface area contributed by atoms with Crippen molar-refractivity contribution in [2.45, 2.75) is 39.2 Å². The monoisotopic (exact) mass is 410 g/mol. The highest BCUT2D eigenvalue weighted by atomic mass is 16.6.